The lowest BCUT2D eigenvalue weighted by Crippen LogP contribution is -2.19. The van der Waals surface area contributed by atoms with E-state index in [1.807, 2.05) is 18.3 Å². The molecule has 0 saturated carbocycles. The number of hydrogen-bond donors (Lipinski definition) is 4. The summed E-state index contributed by atoms with van der Waals surface area (Å²) in [5, 5.41) is 11.3. The smallest absolute Gasteiger partial charge is 0.229 e. The first-order valence-electron chi connectivity index (χ1n) is 10.7. The van der Waals surface area contributed by atoms with E-state index in [2.05, 4.69) is 82.3 Å². The molecular weight excluding hydrogens is 466 g/mol. The van der Waals surface area contributed by atoms with Gasteiger partial charge in [0, 0.05) is 60.0 Å². The molecular formula is C24H24BrN7. The molecule has 7 nitrogen and oxygen atoms in total. The molecule has 0 fully saturated rings. The van der Waals surface area contributed by atoms with E-state index >= 15 is 0 Å². The molecule has 32 heavy (non-hydrogen) atoms. The lowest BCUT2D eigenvalue weighted by Gasteiger charge is -2.14. The fraction of sp³-hybridized carbons (Fsp3) is 0.208. The first-order valence-corrected chi connectivity index (χ1v) is 11.5. The molecule has 0 spiro atoms. The Kier molecular flexibility index (Phi) is 6.13. The molecule has 0 atom stereocenters. The molecule has 162 valence electrons. The zero-order valence-electron chi connectivity index (χ0n) is 17.5. The second-order valence-electron chi connectivity index (χ2n) is 7.70. The Morgan fingerprint density at radius 3 is 2.97 bits per heavy atom. The number of hydrogen-bond acceptors (Lipinski definition) is 6. The third-order valence-corrected chi connectivity index (χ3v) is 6.10. The number of H-pyrrole nitrogens is 1. The van der Waals surface area contributed by atoms with Crippen molar-refractivity contribution in [3.8, 4) is 0 Å². The highest BCUT2D eigenvalue weighted by Crippen LogP contribution is 2.31. The summed E-state index contributed by atoms with van der Waals surface area (Å²) in [5.74, 6) is 1.31. The fourth-order valence-corrected chi connectivity index (χ4v) is 4.21. The van der Waals surface area contributed by atoms with Gasteiger partial charge >= 0.3 is 0 Å². The number of pyridine rings is 1. The maximum absolute atomic E-state index is 4.66. The summed E-state index contributed by atoms with van der Waals surface area (Å²) >= 11 is 3.54. The van der Waals surface area contributed by atoms with Crippen molar-refractivity contribution in [3.05, 3.63) is 76.8 Å². The maximum atomic E-state index is 4.66. The Morgan fingerprint density at radius 1 is 1.16 bits per heavy atom. The van der Waals surface area contributed by atoms with Crippen molar-refractivity contribution < 1.29 is 0 Å². The van der Waals surface area contributed by atoms with E-state index in [9.17, 15) is 0 Å². The molecule has 8 heteroatoms. The van der Waals surface area contributed by atoms with Crippen molar-refractivity contribution in [3.63, 3.8) is 0 Å². The topological polar surface area (TPSA) is 90.5 Å². The molecule has 0 radical (unpaired) electrons. The normalized spacial score (nSPS) is 13.7. The standard InChI is InChI=1S/C24H24BrN7/c25-21-15-30-24(32-23(21)28-11-5-16-2-1-8-27-13-16)31-18-3-4-22-19(12-18)20(14-29-22)17-6-9-26-10-7-17/h1-4,6,8,12-15,26,29H,5,7,9-11H2,(H2,28,30,31,32). The molecule has 1 aromatic carbocycles. The van der Waals surface area contributed by atoms with Gasteiger partial charge in [-0.1, -0.05) is 12.1 Å². The molecule has 1 aliphatic heterocycles. The van der Waals surface area contributed by atoms with Gasteiger partial charge in [-0.25, -0.2) is 4.98 Å². The van der Waals surface area contributed by atoms with Crippen LogP contribution in [0.2, 0.25) is 0 Å². The van der Waals surface area contributed by atoms with E-state index in [-0.39, 0.29) is 0 Å². The quantitative estimate of drug-likeness (QED) is 0.295. The van der Waals surface area contributed by atoms with Crippen molar-refractivity contribution in [2.45, 2.75) is 12.8 Å². The van der Waals surface area contributed by atoms with Gasteiger partial charge in [0.2, 0.25) is 5.95 Å². The van der Waals surface area contributed by atoms with Crippen LogP contribution in [0.1, 0.15) is 17.5 Å². The Morgan fingerprint density at radius 2 is 2.12 bits per heavy atom. The van der Waals surface area contributed by atoms with E-state index < -0.39 is 0 Å². The highest BCUT2D eigenvalue weighted by Gasteiger charge is 2.12. The minimum absolute atomic E-state index is 0.551. The molecule has 0 bridgehead atoms. The predicted octanol–water partition coefficient (Wildman–Crippen LogP) is 4.89. The number of halogens is 1. The summed E-state index contributed by atoms with van der Waals surface area (Å²) in [4.78, 5) is 16.6. The van der Waals surface area contributed by atoms with Crippen LogP contribution in [0.4, 0.5) is 17.5 Å². The van der Waals surface area contributed by atoms with E-state index in [1.165, 1.54) is 22.1 Å². The van der Waals surface area contributed by atoms with Gasteiger partial charge in [0.1, 0.15) is 5.82 Å². The summed E-state index contributed by atoms with van der Waals surface area (Å²) in [7, 11) is 0. The number of anilines is 3. The first kappa shape index (κ1) is 20.7. The minimum atomic E-state index is 0.551. The Balaban J connectivity index is 1.32. The van der Waals surface area contributed by atoms with Crippen molar-refractivity contribution in [2.75, 3.05) is 30.3 Å². The minimum Gasteiger partial charge on any atom is -0.369 e. The number of aromatic nitrogens is 4. The first-order chi connectivity index (χ1) is 15.8. The monoisotopic (exact) mass is 489 g/mol. The highest BCUT2D eigenvalue weighted by atomic mass is 79.9. The molecule has 0 aliphatic carbocycles. The van der Waals surface area contributed by atoms with Gasteiger partial charge < -0.3 is 20.9 Å². The van der Waals surface area contributed by atoms with Crippen molar-refractivity contribution in [2.24, 2.45) is 0 Å². The van der Waals surface area contributed by atoms with Gasteiger partial charge in [0.25, 0.3) is 0 Å². The highest BCUT2D eigenvalue weighted by molar-refractivity contribution is 9.10. The van der Waals surface area contributed by atoms with Crippen LogP contribution in [0.15, 0.2) is 65.7 Å². The number of fused-ring (bicyclic) bond motifs is 1. The number of benzene rings is 1. The van der Waals surface area contributed by atoms with E-state index in [0.29, 0.717) is 5.95 Å². The average Bonchev–Trinajstić information content (AvgIpc) is 3.26. The summed E-state index contributed by atoms with van der Waals surface area (Å²) in [5.41, 5.74) is 5.91. The number of nitrogens with one attached hydrogen (secondary N) is 4. The molecule has 1 aliphatic rings. The van der Waals surface area contributed by atoms with Crippen molar-refractivity contribution >= 4 is 49.9 Å². The third kappa shape index (κ3) is 4.66. The molecule has 0 saturated heterocycles. The lowest BCUT2D eigenvalue weighted by molar-refractivity contribution is 0.739. The van der Waals surface area contributed by atoms with Gasteiger partial charge in [0.05, 0.1) is 4.47 Å². The molecule has 5 rings (SSSR count). The van der Waals surface area contributed by atoms with Gasteiger partial charge in [0.15, 0.2) is 0 Å². The summed E-state index contributed by atoms with van der Waals surface area (Å²) in [6.07, 6.45) is 11.7. The zero-order chi connectivity index (χ0) is 21.8. The van der Waals surface area contributed by atoms with Crippen LogP contribution in [0, 0.1) is 0 Å². The zero-order valence-corrected chi connectivity index (χ0v) is 19.1. The van der Waals surface area contributed by atoms with Crippen molar-refractivity contribution in [1.82, 2.24) is 25.3 Å². The fourth-order valence-electron chi connectivity index (χ4n) is 3.88. The van der Waals surface area contributed by atoms with E-state index in [4.69, 9.17) is 0 Å². The third-order valence-electron chi connectivity index (χ3n) is 5.52. The molecule has 4 aromatic rings. The summed E-state index contributed by atoms with van der Waals surface area (Å²) in [6.45, 7) is 2.69. The largest absolute Gasteiger partial charge is 0.369 e. The van der Waals surface area contributed by atoms with Crippen LogP contribution in [0.25, 0.3) is 16.5 Å². The molecule has 3 aromatic heterocycles. The second kappa shape index (κ2) is 9.50. The van der Waals surface area contributed by atoms with Crippen LogP contribution in [0.5, 0.6) is 0 Å². The number of rotatable bonds is 7. The van der Waals surface area contributed by atoms with Crippen LogP contribution in [-0.4, -0.2) is 39.6 Å². The molecule has 4 heterocycles. The van der Waals surface area contributed by atoms with Crippen LogP contribution in [0.3, 0.4) is 0 Å². The predicted molar refractivity (Wildman–Crippen MR) is 133 cm³/mol. The van der Waals surface area contributed by atoms with Crippen molar-refractivity contribution in [1.29, 1.82) is 0 Å². The summed E-state index contributed by atoms with van der Waals surface area (Å²) < 4.78 is 0.829. The Bertz CT molecular complexity index is 1250. The Hall–Kier alpha value is -3.23. The van der Waals surface area contributed by atoms with E-state index in [0.717, 1.165) is 54.0 Å². The second-order valence-corrected chi connectivity index (χ2v) is 8.55. The van der Waals surface area contributed by atoms with Gasteiger partial charge in [-0.3, -0.25) is 4.98 Å². The molecule has 4 N–H and O–H groups in total. The van der Waals surface area contributed by atoms with E-state index in [1.54, 1.807) is 12.4 Å². The summed E-state index contributed by atoms with van der Waals surface area (Å²) in [6, 6.07) is 10.3. The lowest BCUT2D eigenvalue weighted by atomic mass is 9.99. The molecule has 0 unspecified atom stereocenters. The average molecular weight is 490 g/mol. The SMILES string of the molecule is Brc1cnc(Nc2ccc3[nH]cc(C4=CCNCC4)c3c2)nc1NCCc1cccnc1. The maximum Gasteiger partial charge on any atom is 0.229 e. The van der Waals surface area contributed by atoms with Gasteiger partial charge in [-0.2, -0.15) is 4.98 Å². The van der Waals surface area contributed by atoms with Crippen LogP contribution in [-0.2, 0) is 6.42 Å². The number of nitrogens with zero attached hydrogens (tertiary/aromatic N) is 3. The Labute approximate surface area is 194 Å². The van der Waals surface area contributed by atoms with Gasteiger partial charge in [-0.05, 0) is 70.7 Å². The van der Waals surface area contributed by atoms with Gasteiger partial charge in [-0.15, -0.1) is 0 Å². The molecule has 0 amide bonds. The van der Waals surface area contributed by atoms with Crippen LogP contribution >= 0.6 is 15.9 Å². The van der Waals surface area contributed by atoms with Crippen LogP contribution < -0.4 is 16.0 Å². The number of aromatic amines is 1.